The van der Waals surface area contributed by atoms with Crippen LogP contribution >= 0.6 is 11.3 Å². The van der Waals surface area contributed by atoms with Crippen molar-refractivity contribution in [2.45, 2.75) is 0 Å². The highest BCUT2D eigenvalue weighted by Crippen LogP contribution is 2.33. The number of carbonyl (C=O) groups excluding carboxylic acids is 1. The van der Waals surface area contributed by atoms with Gasteiger partial charge in [-0.25, -0.2) is 4.39 Å². The molecule has 1 aromatic heterocycles. The molecule has 0 saturated heterocycles. The van der Waals surface area contributed by atoms with Gasteiger partial charge in [-0.1, -0.05) is 11.3 Å². The second kappa shape index (κ2) is 5.89. The number of hydrogen-bond donors (Lipinski definition) is 1. The predicted molar refractivity (Wildman–Crippen MR) is 85.8 cm³/mol. The van der Waals surface area contributed by atoms with Gasteiger partial charge in [0.1, 0.15) is 10.8 Å². The SMILES string of the molecule is O=C(Nc1nnc(-c2ccc(F)cc2)s1)c1ccc2c(c1)OCO2. The summed E-state index contributed by atoms with van der Waals surface area (Å²) in [5, 5.41) is 11.6. The van der Waals surface area contributed by atoms with Gasteiger partial charge in [-0.05, 0) is 42.5 Å². The van der Waals surface area contributed by atoms with E-state index < -0.39 is 0 Å². The number of rotatable bonds is 3. The van der Waals surface area contributed by atoms with E-state index in [-0.39, 0.29) is 18.5 Å². The van der Waals surface area contributed by atoms with Crippen LogP contribution in [0.3, 0.4) is 0 Å². The van der Waals surface area contributed by atoms with E-state index in [2.05, 4.69) is 15.5 Å². The maximum Gasteiger partial charge on any atom is 0.257 e. The molecule has 24 heavy (non-hydrogen) atoms. The van der Waals surface area contributed by atoms with Crippen molar-refractivity contribution in [3.8, 4) is 22.1 Å². The first-order valence-corrected chi connectivity index (χ1v) is 7.81. The molecule has 1 aliphatic heterocycles. The molecule has 0 bridgehead atoms. The minimum absolute atomic E-state index is 0.151. The lowest BCUT2D eigenvalue weighted by molar-refractivity contribution is 0.102. The number of fused-ring (bicyclic) bond motifs is 1. The second-order valence-corrected chi connectivity index (χ2v) is 5.92. The molecule has 1 aliphatic rings. The molecule has 120 valence electrons. The van der Waals surface area contributed by atoms with E-state index in [1.807, 2.05) is 0 Å². The third-order valence-electron chi connectivity index (χ3n) is 3.37. The van der Waals surface area contributed by atoms with Crippen LogP contribution in [0.2, 0.25) is 0 Å². The highest BCUT2D eigenvalue weighted by Gasteiger charge is 2.17. The van der Waals surface area contributed by atoms with Crippen molar-refractivity contribution < 1.29 is 18.7 Å². The molecule has 8 heteroatoms. The normalized spacial score (nSPS) is 12.2. The van der Waals surface area contributed by atoms with Crippen LogP contribution < -0.4 is 14.8 Å². The van der Waals surface area contributed by atoms with Crippen molar-refractivity contribution >= 4 is 22.4 Å². The molecule has 0 unspecified atom stereocenters. The van der Waals surface area contributed by atoms with Crippen LogP contribution in [0.5, 0.6) is 11.5 Å². The van der Waals surface area contributed by atoms with E-state index in [0.29, 0.717) is 27.2 Å². The first-order chi connectivity index (χ1) is 11.7. The van der Waals surface area contributed by atoms with Crippen LogP contribution in [0.25, 0.3) is 10.6 Å². The van der Waals surface area contributed by atoms with E-state index in [4.69, 9.17) is 9.47 Å². The van der Waals surface area contributed by atoms with E-state index in [9.17, 15) is 9.18 Å². The largest absolute Gasteiger partial charge is 0.454 e. The fourth-order valence-electron chi connectivity index (χ4n) is 2.19. The summed E-state index contributed by atoms with van der Waals surface area (Å²) in [5.74, 6) is 0.502. The highest BCUT2D eigenvalue weighted by molar-refractivity contribution is 7.18. The zero-order valence-corrected chi connectivity index (χ0v) is 13.0. The number of nitrogens with zero attached hydrogens (tertiary/aromatic N) is 2. The third-order valence-corrected chi connectivity index (χ3v) is 4.26. The zero-order valence-electron chi connectivity index (χ0n) is 12.2. The average Bonchev–Trinajstić information content (AvgIpc) is 3.24. The molecule has 2 aromatic carbocycles. The lowest BCUT2D eigenvalue weighted by Gasteiger charge is -2.02. The average molecular weight is 343 g/mol. The molecule has 0 radical (unpaired) electrons. The maximum absolute atomic E-state index is 13.0. The number of hydrogen-bond acceptors (Lipinski definition) is 6. The smallest absolute Gasteiger partial charge is 0.257 e. The molecule has 0 aliphatic carbocycles. The van der Waals surface area contributed by atoms with Crippen LogP contribution in [-0.4, -0.2) is 22.9 Å². The summed E-state index contributed by atoms with van der Waals surface area (Å²) in [5.41, 5.74) is 1.16. The Kier molecular flexibility index (Phi) is 3.58. The van der Waals surface area contributed by atoms with Gasteiger partial charge in [0, 0.05) is 11.1 Å². The van der Waals surface area contributed by atoms with Gasteiger partial charge in [-0.15, -0.1) is 10.2 Å². The molecule has 4 rings (SSSR count). The standard InChI is InChI=1S/C16H10FN3O3S/c17-11-4-1-9(2-5-11)15-19-20-16(24-15)18-14(21)10-3-6-12-13(7-10)23-8-22-12/h1-7H,8H2,(H,18,20,21). The summed E-state index contributed by atoms with van der Waals surface area (Å²) >= 11 is 1.21. The fraction of sp³-hybridized carbons (Fsp3) is 0.0625. The van der Waals surface area contributed by atoms with Gasteiger partial charge in [0.05, 0.1) is 0 Å². The molecular weight excluding hydrogens is 333 g/mol. The van der Waals surface area contributed by atoms with Crippen molar-refractivity contribution in [1.29, 1.82) is 0 Å². The van der Waals surface area contributed by atoms with Crippen molar-refractivity contribution in [1.82, 2.24) is 10.2 Å². The van der Waals surface area contributed by atoms with Gasteiger partial charge in [0.25, 0.3) is 5.91 Å². The van der Waals surface area contributed by atoms with E-state index in [1.54, 1.807) is 30.3 Å². The van der Waals surface area contributed by atoms with Crippen LogP contribution in [0.1, 0.15) is 10.4 Å². The Morgan fingerprint density at radius 3 is 2.71 bits per heavy atom. The highest BCUT2D eigenvalue weighted by atomic mass is 32.1. The first-order valence-electron chi connectivity index (χ1n) is 6.99. The monoisotopic (exact) mass is 343 g/mol. The van der Waals surface area contributed by atoms with Crippen LogP contribution in [0.15, 0.2) is 42.5 Å². The van der Waals surface area contributed by atoms with Crippen molar-refractivity contribution in [3.05, 3.63) is 53.8 Å². The van der Waals surface area contributed by atoms with Crippen LogP contribution in [0.4, 0.5) is 9.52 Å². The summed E-state index contributed by atoms with van der Waals surface area (Å²) in [4.78, 5) is 12.3. The molecule has 3 aromatic rings. The number of nitrogens with one attached hydrogen (secondary N) is 1. The van der Waals surface area contributed by atoms with Crippen molar-refractivity contribution in [2.24, 2.45) is 0 Å². The summed E-state index contributed by atoms with van der Waals surface area (Å²) in [6, 6.07) is 10.9. The topological polar surface area (TPSA) is 73.3 Å². The predicted octanol–water partition coefficient (Wildman–Crippen LogP) is 3.33. The van der Waals surface area contributed by atoms with Crippen LogP contribution in [-0.2, 0) is 0 Å². The van der Waals surface area contributed by atoms with Gasteiger partial charge >= 0.3 is 0 Å². The minimum Gasteiger partial charge on any atom is -0.454 e. The first kappa shape index (κ1) is 14.6. The van der Waals surface area contributed by atoms with Gasteiger partial charge in [0.15, 0.2) is 11.5 Å². The Morgan fingerprint density at radius 2 is 1.88 bits per heavy atom. The number of anilines is 1. The maximum atomic E-state index is 13.0. The Balaban J connectivity index is 1.51. The van der Waals surface area contributed by atoms with E-state index in [1.165, 1.54) is 23.5 Å². The molecule has 0 spiro atoms. The number of carbonyl (C=O) groups is 1. The molecule has 1 amide bonds. The third kappa shape index (κ3) is 2.79. The Bertz CT molecular complexity index is 911. The lowest BCUT2D eigenvalue weighted by Crippen LogP contribution is -2.11. The van der Waals surface area contributed by atoms with Gasteiger partial charge < -0.3 is 9.47 Å². The second-order valence-electron chi connectivity index (χ2n) is 4.94. The summed E-state index contributed by atoms with van der Waals surface area (Å²) in [7, 11) is 0. The zero-order chi connectivity index (χ0) is 16.5. The molecule has 0 saturated carbocycles. The Hall–Kier alpha value is -3.00. The van der Waals surface area contributed by atoms with E-state index in [0.717, 1.165) is 5.56 Å². The van der Waals surface area contributed by atoms with Crippen molar-refractivity contribution in [2.75, 3.05) is 12.1 Å². The van der Waals surface area contributed by atoms with Crippen LogP contribution in [0, 0.1) is 5.82 Å². The molecule has 1 N–H and O–H groups in total. The summed E-state index contributed by atoms with van der Waals surface area (Å²) in [6.07, 6.45) is 0. The van der Waals surface area contributed by atoms with Gasteiger partial charge in [-0.2, -0.15) is 0 Å². The van der Waals surface area contributed by atoms with Gasteiger partial charge in [0.2, 0.25) is 11.9 Å². The van der Waals surface area contributed by atoms with Crippen molar-refractivity contribution in [3.63, 3.8) is 0 Å². The fourth-order valence-corrected chi connectivity index (χ4v) is 2.93. The molecule has 2 heterocycles. The number of aromatic nitrogens is 2. The number of amides is 1. The Labute approximate surface area is 139 Å². The molecule has 0 atom stereocenters. The number of ether oxygens (including phenoxy) is 2. The van der Waals surface area contributed by atoms with Gasteiger partial charge in [-0.3, -0.25) is 10.1 Å². The molecule has 0 fully saturated rings. The lowest BCUT2D eigenvalue weighted by atomic mass is 10.2. The summed E-state index contributed by atoms with van der Waals surface area (Å²) < 4.78 is 23.4. The summed E-state index contributed by atoms with van der Waals surface area (Å²) in [6.45, 7) is 0.151. The quantitative estimate of drug-likeness (QED) is 0.790. The minimum atomic E-state index is -0.324. The number of halogens is 1. The molecular formula is C16H10FN3O3S. The molecule has 6 nitrogen and oxygen atoms in total. The van der Waals surface area contributed by atoms with E-state index >= 15 is 0 Å². The Morgan fingerprint density at radius 1 is 1.08 bits per heavy atom. The number of benzene rings is 2.